The largest absolute Gasteiger partial charge is 0.480 e. The van der Waals surface area contributed by atoms with Crippen LogP contribution in [-0.2, 0) is 11.2 Å². The zero-order chi connectivity index (χ0) is 21.4. The highest BCUT2D eigenvalue weighted by atomic mass is 16.5. The van der Waals surface area contributed by atoms with Gasteiger partial charge in [-0.3, -0.25) is 4.79 Å². The molecule has 1 aromatic heterocycles. The van der Waals surface area contributed by atoms with Crippen LogP contribution in [0.25, 0.3) is 11.0 Å². The normalized spacial score (nSPS) is 24.7. The summed E-state index contributed by atoms with van der Waals surface area (Å²) in [6.07, 6.45) is 6.09. The van der Waals surface area contributed by atoms with E-state index < -0.39 is 6.10 Å². The highest BCUT2D eigenvalue weighted by Gasteiger charge is 2.41. The van der Waals surface area contributed by atoms with Crippen LogP contribution in [-0.4, -0.2) is 35.0 Å². The molecule has 6 nitrogen and oxygen atoms in total. The van der Waals surface area contributed by atoms with Crippen LogP contribution in [0.4, 0.5) is 0 Å². The Kier molecular flexibility index (Phi) is 5.87. The lowest BCUT2D eigenvalue weighted by Crippen LogP contribution is -2.59. The lowest BCUT2D eigenvalue weighted by atomic mass is 9.82. The van der Waals surface area contributed by atoms with Crippen LogP contribution in [0.3, 0.4) is 0 Å². The Morgan fingerprint density at radius 3 is 2.67 bits per heavy atom. The molecule has 2 fully saturated rings. The van der Waals surface area contributed by atoms with Gasteiger partial charge >= 0.3 is 5.63 Å². The number of carbonyl (C=O) groups is 1. The Morgan fingerprint density at radius 2 is 2.00 bits per heavy atom. The first-order chi connectivity index (χ1) is 14.4. The van der Waals surface area contributed by atoms with Gasteiger partial charge in [0.2, 0.25) is 0 Å². The minimum absolute atomic E-state index is 0.0253. The average molecular weight is 413 g/mol. The molecular weight excluding hydrogens is 380 g/mol. The molecule has 162 valence electrons. The number of aryl methyl sites for hydroxylation is 2. The van der Waals surface area contributed by atoms with Gasteiger partial charge < -0.3 is 19.8 Å². The molecule has 0 saturated carbocycles. The van der Waals surface area contributed by atoms with E-state index in [-0.39, 0.29) is 29.7 Å². The molecule has 2 saturated heterocycles. The third-order valence-corrected chi connectivity index (χ3v) is 6.63. The number of carbonyl (C=O) groups excluding carboxylic acids is 1. The van der Waals surface area contributed by atoms with Gasteiger partial charge in [-0.2, -0.15) is 0 Å². The first-order valence-corrected chi connectivity index (χ1v) is 11.2. The topological polar surface area (TPSA) is 85.8 Å². The molecule has 2 unspecified atom stereocenters. The summed E-state index contributed by atoms with van der Waals surface area (Å²) in [7, 11) is 0. The fourth-order valence-electron chi connectivity index (χ4n) is 5.25. The smallest absolute Gasteiger partial charge is 0.336 e. The quantitative estimate of drug-likeness (QED) is 0.757. The first kappa shape index (κ1) is 20.9. The van der Waals surface area contributed by atoms with Crippen LogP contribution in [0.1, 0.15) is 63.5 Å². The molecule has 2 aliphatic heterocycles. The average Bonchev–Trinajstić information content (AvgIpc) is 2.69. The predicted molar refractivity (Wildman–Crippen MR) is 117 cm³/mol. The zero-order valence-corrected chi connectivity index (χ0v) is 18.1. The molecule has 1 aromatic carbocycles. The Bertz CT molecular complexity index is 985. The third kappa shape index (κ3) is 3.85. The molecule has 4 atom stereocenters. The van der Waals surface area contributed by atoms with Crippen molar-refractivity contribution < 1.29 is 13.9 Å². The van der Waals surface area contributed by atoms with Crippen LogP contribution >= 0.6 is 0 Å². The lowest BCUT2D eigenvalue weighted by Gasteiger charge is -2.48. The number of benzene rings is 1. The Hall–Kier alpha value is -2.34. The van der Waals surface area contributed by atoms with Gasteiger partial charge in [-0.1, -0.05) is 13.3 Å². The zero-order valence-electron chi connectivity index (χ0n) is 18.1. The van der Waals surface area contributed by atoms with Crippen molar-refractivity contribution >= 4 is 16.9 Å². The van der Waals surface area contributed by atoms with Gasteiger partial charge in [0.15, 0.2) is 6.10 Å². The number of ether oxygens (including phenoxy) is 1. The van der Waals surface area contributed by atoms with Crippen molar-refractivity contribution in [1.82, 2.24) is 4.90 Å². The maximum Gasteiger partial charge on any atom is 0.336 e. The second-order valence-corrected chi connectivity index (χ2v) is 8.88. The van der Waals surface area contributed by atoms with Crippen LogP contribution in [0.2, 0.25) is 0 Å². The number of rotatable bonds is 5. The van der Waals surface area contributed by atoms with Gasteiger partial charge in [0, 0.05) is 35.1 Å². The number of hydrogen-bond acceptors (Lipinski definition) is 5. The molecule has 3 heterocycles. The first-order valence-electron chi connectivity index (χ1n) is 11.2. The van der Waals surface area contributed by atoms with Gasteiger partial charge in [-0.25, -0.2) is 4.79 Å². The van der Waals surface area contributed by atoms with Crippen molar-refractivity contribution in [1.29, 1.82) is 0 Å². The molecule has 30 heavy (non-hydrogen) atoms. The van der Waals surface area contributed by atoms with Crippen LogP contribution in [0.5, 0.6) is 5.75 Å². The van der Waals surface area contributed by atoms with Gasteiger partial charge in [-0.05, 0) is 70.1 Å². The highest BCUT2D eigenvalue weighted by molar-refractivity contribution is 5.86. The van der Waals surface area contributed by atoms with E-state index in [9.17, 15) is 9.59 Å². The van der Waals surface area contributed by atoms with Gasteiger partial charge in [0.1, 0.15) is 11.3 Å². The van der Waals surface area contributed by atoms with E-state index in [0.29, 0.717) is 11.3 Å². The van der Waals surface area contributed by atoms with Crippen molar-refractivity contribution in [2.24, 2.45) is 5.73 Å². The summed E-state index contributed by atoms with van der Waals surface area (Å²) < 4.78 is 11.6. The second-order valence-electron chi connectivity index (χ2n) is 8.88. The summed E-state index contributed by atoms with van der Waals surface area (Å²) in [5.74, 6) is 0.608. The van der Waals surface area contributed by atoms with Crippen molar-refractivity contribution in [2.45, 2.75) is 89.9 Å². The summed E-state index contributed by atoms with van der Waals surface area (Å²) in [6, 6.07) is 6.00. The van der Waals surface area contributed by atoms with Gasteiger partial charge in [-0.15, -0.1) is 0 Å². The summed E-state index contributed by atoms with van der Waals surface area (Å²) >= 11 is 0. The van der Waals surface area contributed by atoms with E-state index in [1.54, 1.807) is 13.0 Å². The molecule has 1 amide bonds. The third-order valence-electron chi connectivity index (χ3n) is 6.63. The Morgan fingerprint density at radius 1 is 1.30 bits per heavy atom. The van der Waals surface area contributed by atoms with E-state index in [4.69, 9.17) is 14.9 Å². The number of nitrogens with two attached hydrogens (primary N) is 1. The van der Waals surface area contributed by atoms with Crippen molar-refractivity contribution in [3.05, 3.63) is 39.7 Å². The summed E-state index contributed by atoms with van der Waals surface area (Å²) in [5, 5.41) is 0.930. The van der Waals surface area contributed by atoms with E-state index in [0.717, 1.165) is 61.5 Å². The molecule has 4 rings (SSSR count). The van der Waals surface area contributed by atoms with Gasteiger partial charge in [0.25, 0.3) is 5.91 Å². The fourth-order valence-corrected chi connectivity index (χ4v) is 5.25. The van der Waals surface area contributed by atoms with Crippen LogP contribution < -0.4 is 16.1 Å². The molecule has 6 heteroatoms. The number of hydrogen-bond donors (Lipinski definition) is 1. The SMILES string of the molecule is CCCc1cc(=O)oc2c(C)c(OC(C)C(=O)N3[C@@H]4CCC[C@H]3CC(N)C4)ccc12. The van der Waals surface area contributed by atoms with Crippen LogP contribution in [0, 0.1) is 6.92 Å². The molecular formula is C24H32N2O4. The maximum absolute atomic E-state index is 13.3. The summed E-state index contributed by atoms with van der Waals surface area (Å²) in [5.41, 5.74) is 8.13. The molecule has 0 radical (unpaired) electrons. The number of nitrogens with zero attached hydrogens (tertiary/aromatic N) is 1. The molecule has 0 aliphatic carbocycles. The number of piperidine rings is 2. The maximum atomic E-state index is 13.3. The molecule has 2 N–H and O–H groups in total. The van der Waals surface area contributed by atoms with E-state index in [1.807, 2.05) is 24.0 Å². The molecule has 0 spiro atoms. The fraction of sp³-hybridized carbons (Fsp3) is 0.583. The number of amides is 1. The second kappa shape index (κ2) is 8.42. The minimum Gasteiger partial charge on any atom is -0.480 e. The Balaban J connectivity index is 1.58. The molecule has 2 aromatic rings. The summed E-state index contributed by atoms with van der Waals surface area (Å²) in [6.45, 7) is 5.77. The molecule has 2 aliphatic rings. The summed E-state index contributed by atoms with van der Waals surface area (Å²) in [4.78, 5) is 27.4. The van der Waals surface area contributed by atoms with Gasteiger partial charge in [0.05, 0.1) is 0 Å². The standard InChI is InChI=1S/C24H32N2O4/c1-4-6-16-11-22(27)30-23-14(2)21(10-9-20(16)23)29-15(3)24(28)26-18-7-5-8-19(26)13-17(25)12-18/h9-11,15,17-19H,4-8,12-13,25H2,1-3H3/t15?,17?,18-,19+. The van der Waals surface area contributed by atoms with E-state index in [1.165, 1.54) is 0 Å². The van der Waals surface area contributed by atoms with Crippen LogP contribution in [0.15, 0.2) is 27.4 Å². The van der Waals surface area contributed by atoms with E-state index in [2.05, 4.69) is 6.92 Å². The monoisotopic (exact) mass is 412 g/mol. The Labute approximate surface area is 177 Å². The van der Waals surface area contributed by atoms with Crippen molar-refractivity contribution in [3.8, 4) is 5.75 Å². The van der Waals surface area contributed by atoms with Crippen molar-refractivity contribution in [3.63, 3.8) is 0 Å². The lowest BCUT2D eigenvalue weighted by molar-refractivity contribution is -0.148. The number of fused-ring (bicyclic) bond motifs is 3. The molecule has 2 bridgehead atoms. The predicted octanol–water partition coefficient (Wildman–Crippen LogP) is 3.69. The minimum atomic E-state index is -0.607. The van der Waals surface area contributed by atoms with E-state index >= 15 is 0 Å². The highest BCUT2D eigenvalue weighted by Crippen LogP contribution is 2.35. The van der Waals surface area contributed by atoms with Crippen molar-refractivity contribution in [2.75, 3.05) is 0 Å².